The van der Waals surface area contributed by atoms with Crippen molar-refractivity contribution in [3.05, 3.63) is 23.8 Å². The number of aliphatic hydroxyl groups is 1. The zero-order valence-corrected chi connectivity index (χ0v) is 13.1. The number of nitrogens with zero attached hydrogens (tertiary/aromatic N) is 1. The van der Waals surface area contributed by atoms with E-state index in [2.05, 4.69) is 13.8 Å². The van der Waals surface area contributed by atoms with E-state index in [4.69, 9.17) is 15.6 Å². The minimum Gasteiger partial charge on any atom is -0.491 e. The Balaban J connectivity index is 2.53. The fraction of sp³-hybridized carbons (Fsp3) is 0.562. The molecule has 0 saturated carbocycles. The number of carbonyl (C=O) groups is 1. The van der Waals surface area contributed by atoms with Crippen molar-refractivity contribution in [1.82, 2.24) is 4.90 Å². The van der Waals surface area contributed by atoms with Crippen molar-refractivity contribution in [3.8, 4) is 5.75 Å². The molecule has 0 fully saturated rings. The summed E-state index contributed by atoms with van der Waals surface area (Å²) in [6.07, 6.45) is 1.03. The number of amides is 1. The largest absolute Gasteiger partial charge is 0.491 e. The van der Waals surface area contributed by atoms with Gasteiger partial charge >= 0.3 is 0 Å². The molecular formula is C16H26N2O3. The molecule has 118 valence electrons. The average molecular weight is 294 g/mol. The summed E-state index contributed by atoms with van der Waals surface area (Å²) in [5, 5.41) is 8.80. The summed E-state index contributed by atoms with van der Waals surface area (Å²) < 4.78 is 5.62. The van der Waals surface area contributed by atoms with Crippen molar-refractivity contribution < 1.29 is 14.6 Å². The van der Waals surface area contributed by atoms with Gasteiger partial charge in [0.2, 0.25) is 5.91 Å². The Morgan fingerprint density at radius 3 is 2.71 bits per heavy atom. The number of likely N-dealkylation sites (N-methyl/N-ethyl adjacent to an activating group) is 1. The summed E-state index contributed by atoms with van der Waals surface area (Å²) in [7, 11) is 1.69. The molecule has 0 saturated heterocycles. The fourth-order valence-corrected chi connectivity index (χ4v) is 1.86. The Kier molecular flexibility index (Phi) is 7.02. The van der Waals surface area contributed by atoms with E-state index in [1.165, 1.54) is 4.90 Å². The van der Waals surface area contributed by atoms with Crippen LogP contribution < -0.4 is 10.5 Å². The van der Waals surface area contributed by atoms with Gasteiger partial charge in [-0.25, -0.2) is 0 Å². The molecule has 1 amide bonds. The molecule has 21 heavy (non-hydrogen) atoms. The highest BCUT2D eigenvalue weighted by atomic mass is 16.5. The topological polar surface area (TPSA) is 75.8 Å². The van der Waals surface area contributed by atoms with Gasteiger partial charge in [0.05, 0.1) is 18.9 Å². The van der Waals surface area contributed by atoms with E-state index >= 15 is 0 Å². The molecule has 0 atom stereocenters. The first kappa shape index (κ1) is 17.3. The number of benzene rings is 1. The molecule has 0 aromatic heterocycles. The minimum absolute atomic E-state index is 0.0164. The van der Waals surface area contributed by atoms with Crippen molar-refractivity contribution >= 4 is 11.6 Å². The van der Waals surface area contributed by atoms with E-state index in [-0.39, 0.29) is 12.5 Å². The van der Waals surface area contributed by atoms with Crippen LogP contribution in [0.1, 0.15) is 25.8 Å². The molecule has 0 bridgehead atoms. The van der Waals surface area contributed by atoms with Gasteiger partial charge in [-0.15, -0.1) is 0 Å². The second kappa shape index (κ2) is 8.52. The number of aryl methyl sites for hydroxylation is 1. The van der Waals surface area contributed by atoms with Crippen molar-refractivity contribution in [2.24, 2.45) is 5.92 Å². The lowest BCUT2D eigenvalue weighted by molar-refractivity contribution is -0.130. The molecule has 1 aromatic rings. The molecule has 5 heteroatoms. The van der Waals surface area contributed by atoms with Gasteiger partial charge in [-0.05, 0) is 30.0 Å². The van der Waals surface area contributed by atoms with Crippen LogP contribution in [-0.2, 0) is 11.2 Å². The number of anilines is 1. The van der Waals surface area contributed by atoms with Crippen LogP contribution >= 0.6 is 0 Å². The molecule has 0 heterocycles. The number of hydrogen-bond donors (Lipinski definition) is 2. The van der Waals surface area contributed by atoms with E-state index in [1.54, 1.807) is 7.05 Å². The highest BCUT2D eigenvalue weighted by molar-refractivity contribution is 5.76. The van der Waals surface area contributed by atoms with Gasteiger partial charge in [-0.1, -0.05) is 19.9 Å². The standard InChI is InChI=1S/C16H26N2O3/c1-12(2)11-21-15-6-4-13(10-14(15)17)5-7-16(20)18(3)8-9-19/h4,6,10,12,19H,5,7-9,11,17H2,1-3H3. The SMILES string of the molecule is CC(C)COc1ccc(CCC(=O)N(C)CCO)cc1N. The number of aliphatic hydroxyl groups excluding tert-OH is 1. The highest BCUT2D eigenvalue weighted by Gasteiger charge is 2.09. The van der Waals surface area contributed by atoms with E-state index < -0.39 is 0 Å². The summed E-state index contributed by atoms with van der Waals surface area (Å²) >= 11 is 0. The van der Waals surface area contributed by atoms with E-state index in [1.807, 2.05) is 18.2 Å². The maximum Gasteiger partial charge on any atom is 0.222 e. The van der Waals surface area contributed by atoms with Crippen molar-refractivity contribution in [2.45, 2.75) is 26.7 Å². The smallest absolute Gasteiger partial charge is 0.222 e. The van der Waals surface area contributed by atoms with E-state index in [0.29, 0.717) is 43.3 Å². The average Bonchev–Trinajstić information content (AvgIpc) is 2.43. The Morgan fingerprint density at radius 1 is 1.43 bits per heavy atom. The zero-order valence-electron chi connectivity index (χ0n) is 13.1. The lowest BCUT2D eigenvalue weighted by Crippen LogP contribution is -2.29. The third-order valence-electron chi connectivity index (χ3n) is 3.14. The number of carbonyl (C=O) groups excluding carboxylic acids is 1. The van der Waals surface area contributed by atoms with Gasteiger partial charge in [-0.3, -0.25) is 4.79 Å². The predicted octanol–water partition coefficient (Wildman–Crippen LogP) is 1.69. The van der Waals surface area contributed by atoms with Crippen LogP contribution in [0, 0.1) is 5.92 Å². The lowest BCUT2D eigenvalue weighted by atomic mass is 10.1. The van der Waals surface area contributed by atoms with Crippen LogP contribution in [0.2, 0.25) is 0 Å². The summed E-state index contributed by atoms with van der Waals surface area (Å²) in [6.45, 7) is 5.14. The van der Waals surface area contributed by atoms with Crippen molar-refractivity contribution in [1.29, 1.82) is 0 Å². The Labute approximate surface area is 126 Å². The second-order valence-corrected chi connectivity index (χ2v) is 5.62. The first-order valence-corrected chi connectivity index (χ1v) is 7.30. The third-order valence-corrected chi connectivity index (χ3v) is 3.14. The Bertz CT molecular complexity index is 461. The molecular weight excluding hydrogens is 268 g/mol. The maximum absolute atomic E-state index is 11.8. The second-order valence-electron chi connectivity index (χ2n) is 5.62. The molecule has 5 nitrogen and oxygen atoms in total. The number of nitrogens with two attached hydrogens (primary N) is 1. The lowest BCUT2D eigenvalue weighted by Gasteiger charge is -2.16. The number of hydrogen-bond acceptors (Lipinski definition) is 4. The van der Waals surface area contributed by atoms with Crippen LogP contribution in [0.5, 0.6) is 5.75 Å². The number of rotatable bonds is 8. The van der Waals surface area contributed by atoms with Crippen LogP contribution in [0.3, 0.4) is 0 Å². The molecule has 1 rings (SSSR count). The Morgan fingerprint density at radius 2 is 2.14 bits per heavy atom. The van der Waals surface area contributed by atoms with Gasteiger partial charge in [0.15, 0.2) is 0 Å². The van der Waals surface area contributed by atoms with Crippen LogP contribution in [0.25, 0.3) is 0 Å². The molecule has 0 spiro atoms. The third kappa shape index (κ3) is 6.04. The first-order chi connectivity index (χ1) is 9.93. The fourth-order valence-electron chi connectivity index (χ4n) is 1.86. The molecule has 0 aliphatic heterocycles. The molecule has 0 aliphatic carbocycles. The minimum atomic E-state index is -0.0168. The zero-order chi connectivity index (χ0) is 15.8. The maximum atomic E-state index is 11.8. The molecule has 0 aliphatic rings. The molecule has 3 N–H and O–H groups in total. The first-order valence-electron chi connectivity index (χ1n) is 7.30. The summed E-state index contributed by atoms with van der Waals surface area (Å²) in [5.41, 5.74) is 7.58. The molecule has 0 radical (unpaired) electrons. The summed E-state index contributed by atoms with van der Waals surface area (Å²) in [6, 6.07) is 5.65. The van der Waals surface area contributed by atoms with Gasteiger partial charge < -0.3 is 20.5 Å². The molecule has 1 aromatic carbocycles. The number of ether oxygens (including phenoxy) is 1. The van der Waals surface area contributed by atoms with Gasteiger partial charge in [0, 0.05) is 20.0 Å². The van der Waals surface area contributed by atoms with Gasteiger partial charge in [0.25, 0.3) is 0 Å². The quantitative estimate of drug-likeness (QED) is 0.715. The molecule has 0 unspecified atom stereocenters. The number of nitrogen functional groups attached to an aromatic ring is 1. The summed E-state index contributed by atoms with van der Waals surface area (Å²) in [4.78, 5) is 13.3. The van der Waals surface area contributed by atoms with Crippen molar-refractivity contribution in [2.75, 3.05) is 32.5 Å². The van der Waals surface area contributed by atoms with Crippen molar-refractivity contribution in [3.63, 3.8) is 0 Å². The summed E-state index contributed by atoms with van der Waals surface area (Å²) in [5.74, 6) is 1.16. The van der Waals surface area contributed by atoms with Gasteiger partial charge in [-0.2, -0.15) is 0 Å². The highest BCUT2D eigenvalue weighted by Crippen LogP contribution is 2.23. The van der Waals surface area contributed by atoms with Crippen LogP contribution in [0.15, 0.2) is 18.2 Å². The predicted molar refractivity (Wildman–Crippen MR) is 84.2 cm³/mol. The van der Waals surface area contributed by atoms with Gasteiger partial charge in [0.1, 0.15) is 5.75 Å². The Hall–Kier alpha value is -1.75. The van der Waals surface area contributed by atoms with Crippen LogP contribution in [-0.4, -0.2) is 42.7 Å². The van der Waals surface area contributed by atoms with Crippen LogP contribution in [0.4, 0.5) is 5.69 Å². The van der Waals surface area contributed by atoms with E-state index in [9.17, 15) is 4.79 Å². The monoisotopic (exact) mass is 294 g/mol. The van der Waals surface area contributed by atoms with E-state index in [0.717, 1.165) is 5.56 Å². The normalized spacial score (nSPS) is 10.7.